The number of rotatable bonds is 8. The summed E-state index contributed by atoms with van der Waals surface area (Å²) in [5, 5.41) is 2.90. The lowest BCUT2D eigenvalue weighted by Gasteiger charge is -2.12. The third kappa shape index (κ3) is 5.32. The summed E-state index contributed by atoms with van der Waals surface area (Å²) in [7, 11) is 3.18. The van der Waals surface area contributed by atoms with Gasteiger partial charge in [0.1, 0.15) is 17.2 Å². The first-order valence-corrected chi connectivity index (χ1v) is 10.7. The average molecular weight is 456 g/mol. The Balaban J connectivity index is 1.38. The molecule has 172 valence electrons. The molecule has 0 radical (unpaired) electrons. The zero-order valence-corrected chi connectivity index (χ0v) is 19.2. The Labute approximate surface area is 198 Å². The molecule has 1 aromatic heterocycles. The molecule has 1 heterocycles. The van der Waals surface area contributed by atoms with Crippen molar-refractivity contribution >= 4 is 5.91 Å². The van der Waals surface area contributed by atoms with Crippen LogP contribution in [0.4, 0.5) is 0 Å². The van der Waals surface area contributed by atoms with Crippen LogP contribution in [0.1, 0.15) is 21.5 Å². The lowest BCUT2D eigenvalue weighted by atomic mass is 10.0. The number of benzene rings is 3. The SMILES string of the molecule is COc1ccc(OC)c(CNC(=O)c2ccc(Oc3ncc(-c4ccccc4C)cn3)cc2)c1. The van der Waals surface area contributed by atoms with E-state index in [1.54, 1.807) is 50.9 Å². The molecule has 4 aromatic rings. The van der Waals surface area contributed by atoms with E-state index in [4.69, 9.17) is 14.2 Å². The number of nitrogens with zero attached hydrogens (tertiary/aromatic N) is 2. The van der Waals surface area contributed by atoms with E-state index in [0.29, 0.717) is 29.4 Å². The first-order chi connectivity index (χ1) is 16.6. The second-order valence-electron chi connectivity index (χ2n) is 7.56. The molecule has 0 aliphatic heterocycles. The van der Waals surface area contributed by atoms with Crippen LogP contribution < -0.4 is 19.5 Å². The highest BCUT2D eigenvalue weighted by atomic mass is 16.5. The number of carbonyl (C=O) groups excluding carboxylic acids is 1. The van der Waals surface area contributed by atoms with Crippen molar-refractivity contribution in [2.24, 2.45) is 0 Å². The molecule has 0 atom stereocenters. The van der Waals surface area contributed by atoms with E-state index in [1.807, 2.05) is 49.4 Å². The van der Waals surface area contributed by atoms with Gasteiger partial charge in [0.2, 0.25) is 0 Å². The summed E-state index contributed by atoms with van der Waals surface area (Å²) >= 11 is 0. The Bertz CT molecular complexity index is 1270. The lowest BCUT2D eigenvalue weighted by Crippen LogP contribution is -2.23. The Morgan fingerprint density at radius 3 is 2.26 bits per heavy atom. The Morgan fingerprint density at radius 1 is 0.882 bits per heavy atom. The molecule has 0 bridgehead atoms. The number of aryl methyl sites for hydroxylation is 1. The highest BCUT2D eigenvalue weighted by Gasteiger charge is 2.10. The Morgan fingerprint density at radius 2 is 1.59 bits per heavy atom. The lowest BCUT2D eigenvalue weighted by molar-refractivity contribution is 0.0950. The Kier molecular flexibility index (Phi) is 7.03. The highest BCUT2D eigenvalue weighted by molar-refractivity contribution is 5.94. The molecular weight excluding hydrogens is 430 g/mol. The van der Waals surface area contributed by atoms with Crippen LogP contribution in [0.5, 0.6) is 23.3 Å². The van der Waals surface area contributed by atoms with Crippen molar-refractivity contribution in [1.82, 2.24) is 15.3 Å². The molecule has 7 nitrogen and oxygen atoms in total. The number of methoxy groups -OCH3 is 2. The predicted molar refractivity (Wildman–Crippen MR) is 129 cm³/mol. The third-order valence-electron chi connectivity index (χ3n) is 5.34. The van der Waals surface area contributed by atoms with E-state index in [1.165, 1.54) is 0 Å². The molecule has 0 aliphatic carbocycles. The van der Waals surface area contributed by atoms with Gasteiger partial charge in [0.25, 0.3) is 5.91 Å². The van der Waals surface area contributed by atoms with Gasteiger partial charge in [-0.05, 0) is 60.5 Å². The van der Waals surface area contributed by atoms with Crippen LogP contribution in [-0.2, 0) is 6.54 Å². The first-order valence-electron chi connectivity index (χ1n) is 10.7. The number of ether oxygens (including phenoxy) is 3. The van der Waals surface area contributed by atoms with E-state index in [2.05, 4.69) is 15.3 Å². The van der Waals surface area contributed by atoms with Crippen molar-refractivity contribution in [3.63, 3.8) is 0 Å². The number of nitrogens with one attached hydrogen (secondary N) is 1. The monoisotopic (exact) mass is 455 g/mol. The summed E-state index contributed by atoms with van der Waals surface area (Å²) < 4.78 is 16.3. The number of aromatic nitrogens is 2. The fraction of sp³-hybridized carbons (Fsp3) is 0.148. The standard InChI is InChI=1S/C27H25N3O4/c1-18-6-4-5-7-24(18)21-16-29-27(30-17-21)34-22-10-8-19(9-11-22)26(31)28-15-20-14-23(32-2)12-13-25(20)33-3/h4-14,16-17H,15H2,1-3H3,(H,28,31). The van der Waals surface area contributed by atoms with Gasteiger partial charge < -0.3 is 19.5 Å². The van der Waals surface area contributed by atoms with E-state index in [-0.39, 0.29) is 11.9 Å². The van der Waals surface area contributed by atoms with E-state index < -0.39 is 0 Å². The molecule has 1 amide bonds. The van der Waals surface area contributed by atoms with E-state index in [9.17, 15) is 4.79 Å². The third-order valence-corrected chi connectivity index (χ3v) is 5.34. The van der Waals surface area contributed by atoms with E-state index >= 15 is 0 Å². The number of hydrogen-bond acceptors (Lipinski definition) is 6. The fourth-order valence-corrected chi connectivity index (χ4v) is 3.48. The van der Waals surface area contributed by atoms with Crippen LogP contribution >= 0.6 is 0 Å². The predicted octanol–water partition coefficient (Wildman–Crippen LogP) is 5.19. The molecule has 0 saturated heterocycles. The van der Waals surface area contributed by atoms with Crippen LogP contribution in [0.3, 0.4) is 0 Å². The van der Waals surface area contributed by atoms with Crippen molar-refractivity contribution in [1.29, 1.82) is 0 Å². The summed E-state index contributed by atoms with van der Waals surface area (Å²) in [4.78, 5) is 21.2. The number of carbonyl (C=O) groups is 1. The number of amides is 1. The Hall–Kier alpha value is -4.39. The molecule has 3 aromatic carbocycles. The van der Waals surface area contributed by atoms with Gasteiger partial charge >= 0.3 is 6.01 Å². The molecule has 0 unspecified atom stereocenters. The van der Waals surface area contributed by atoms with Crippen molar-refractivity contribution in [2.75, 3.05) is 14.2 Å². The van der Waals surface area contributed by atoms with Crippen molar-refractivity contribution in [3.8, 4) is 34.4 Å². The first kappa shape index (κ1) is 22.8. The fourth-order valence-electron chi connectivity index (χ4n) is 3.48. The zero-order valence-electron chi connectivity index (χ0n) is 19.2. The molecule has 7 heteroatoms. The molecule has 1 N–H and O–H groups in total. The molecule has 0 saturated carbocycles. The second-order valence-corrected chi connectivity index (χ2v) is 7.56. The largest absolute Gasteiger partial charge is 0.497 e. The smallest absolute Gasteiger partial charge is 0.321 e. The summed E-state index contributed by atoms with van der Waals surface area (Å²) in [6.07, 6.45) is 3.47. The molecule has 0 aliphatic rings. The van der Waals surface area contributed by atoms with Crippen molar-refractivity contribution in [3.05, 3.63) is 95.8 Å². The second kappa shape index (κ2) is 10.5. The van der Waals surface area contributed by atoms with Gasteiger partial charge in [-0.3, -0.25) is 4.79 Å². The van der Waals surface area contributed by atoms with Crippen LogP contribution in [0, 0.1) is 6.92 Å². The van der Waals surface area contributed by atoms with Crippen LogP contribution in [0.2, 0.25) is 0 Å². The molecule has 0 spiro atoms. The van der Waals surface area contributed by atoms with Gasteiger partial charge in [0.15, 0.2) is 0 Å². The quantitative estimate of drug-likeness (QED) is 0.394. The average Bonchev–Trinajstić information content (AvgIpc) is 2.88. The summed E-state index contributed by atoms with van der Waals surface area (Å²) in [5.41, 5.74) is 4.48. The van der Waals surface area contributed by atoms with Gasteiger partial charge in [-0.2, -0.15) is 0 Å². The minimum absolute atomic E-state index is 0.213. The van der Waals surface area contributed by atoms with Crippen LogP contribution in [0.25, 0.3) is 11.1 Å². The van der Waals surface area contributed by atoms with Crippen LogP contribution in [0.15, 0.2) is 79.1 Å². The minimum atomic E-state index is -0.213. The van der Waals surface area contributed by atoms with Gasteiger partial charge in [0.05, 0.1) is 14.2 Å². The normalized spacial score (nSPS) is 10.4. The number of hydrogen-bond donors (Lipinski definition) is 1. The van der Waals surface area contributed by atoms with Crippen molar-refractivity contribution in [2.45, 2.75) is 13.5 Å². The van der Waals surface area contributed by atoms with Gasteiger partial charge in [-0.25, -0.2) is 9.97 Å². The molecule has 34 heavy (non-hydrogen) atoms. The van der Waals surface area contributed by atoms with Gasteiger partial charge in [-0.15, -0.1) is 0 Å². The minimum Gasteiger partial charge on any atom is -0.497 e. The topological polar surface area (TPSA) is 82.6 Å². The van der Waals surface area contributed by atoms with Crippen LogP contribution in [-0.4, -0.2) is 30.1 Å². The van der Waals surface area contributed by atoms with Gasteiger partial charge in [0, 0.05) is 35.6 Å². The summed E-state index contributed by atoms with van der Waals surface area (Å²) in [5.74, 6) is 1.70. The maximum atomic E-state index is 12.6. The van der Waals surface area contributed by atoms with E-state index in [0.717, 1.165) is 22.3 Å². The molecular formula is C27H25N3O4. The van der Waals surface area contributed by atoms with Gasteiger partial charge in [-0.1, -0.05) is 24.3 Å². The summed E-state index contributed by atoms with van der Waals surface area (Å²) in [6, 6.07) is 20.5. The maximum absolute atomic E-state index is 12.6. The van der Waals surface area contributed by atoms with Crippen molar-refractivity contribution < 1.29 is 19.0 Å². The molecule has 0 fully saturated rings. The summed E-state index contributed by atoms with van der Waals surface area (Å²) in [6.45, 7) is 2.35. The zero-order chi connectivity index (χ0) is 23.9. The maximum Gasteiger partial charge on any atom is 0.321 e. The highest BCUT2D eigenvalue weighted by Crippen LogP contribution is 2.25. The molecule has 4 rings (SSSR count).